The summed E-state index contributed by atoms with van der Waals surface area (Å²) < 4.78 is 0. The summed E-state index contributed by atoms with van der Waals surface area (Å²) in [5.74, 6) is 7.02. The third-order valence-corrected chi connectivity index (χ3v) is 3.73. The van der Waals surface area contributed by atoms with Crippen LogP contribution in [-0.2, 0) is 4.79 Å². The molecule has 0 aromatic heterocycles. The van der Waals surface area contributed by atoms with Crippen molar-refractivity contribution in [2.75, 3.05) is 0 Å². The van der Waals surface area contributed by atoms with Crippen LogP contribution in [0.3, 0.4) is 0 Å². The van der Waals surface area contributed by atoms with Crippen LogP contribution in [-0.4, -0.2) is 5.78 Å². The van der Waals surface area contributed by atoms with Gasteiger partial charge in [0.2, 0.25) is 0 Å². The molecule has 1 aromatic carbocycles. The fraction of sp³-hybridized carbons (Fsp3) is 0.471. The summed E-state index contributed by atoms with van der Waals surface area (Å²) >= 11 is 0. The van der Waals surface area contributed by atoms with E-state index in [2.05, 4.69) is 25.7 Å². The van der Waals surface area contributed by atoms with Gasteiger partial charge in [-0.05, 0) is 38.8 Å². The fourth-order valence-electron chi connectivity index (χ4n) is 2.59. The summed E-state index contributed by atoms with van der Waals surface area (Å²) in [6, 6.07) is 9.98. The van der Waals surface area contributed by atoms with E-state index in [0.717, 1.165) is 31.2 Å². The van der Waals surface area contributed by atoms with E-state index in [9.17, 15) is 4.79 Å². The lowest BCUT2D eigenvalue weighted by Gasteiger charge is -2.31. The van der Waals surface area contributed by atoms with Crippen LogP contribution >= 0.6 is 0 Å². The predicted octanol–water partition coefficient (Wildman–Crippen LogP) is 3.82. The Bertz CT molecular complexity index is 473. The van der Waals surface area contributed by atoms with Crippen LogP contribution in [0.2, 0.25) is 0 Å². The number of Topliss-reactive ketones (excluding diaryl/α,β-unsaturated/α-hetero) is 1. The molecule has 1 aromatic rings. The van der Waals surface area contributed by atoms with Crippen molar-refractivity contribution in [3.63, 3.8) is 0 Å². The summed E-state index contributed by atoms with van der Waals surface area (Å²) in [5.41, 5.74) is 0.807. The quantitative estimate of drug-likeness (QED) is 0.682. The molecule has 1 fully saturated rings. The molecule has 0 aliphatic heterocycles. The summed E-state index contributed by atoms with van der Waals surface area (Å²) in [4.78, 5) is 12.0. The molecule has 0 spiro atoms. The zero-order chi connectivity index (χ0) is 13.0. The van der Waals surface area contributed by atoms with Crippen LogP contribution in [0.1, 0.15) is 45.1 Å². The van der Waals surface area contributed by atoms with E-state index in [-0.39, 0.29) is 11.3 Å². The maximum atomic E-state index is 12.0. The first-order chi connectivity index (χ1) is 8.59. The summed E-state index contributed by atoms with van der Waals surface area (Å²) in [6.07, 6.45) is 3.95. The van der Waals surface area contributed by atoms with Gasteiger partial charge >= 0.3 is 0 Å². The van der Waals surface area contributed by atoms with Gasteiger partial charge in [-0.25, -0.2) is 0 Å². The first kappa shape index (κ1) is 12.9. The van der Waals surface area contributed by atoms with E-state index >= 15 is 0 Å². The molecule has 1 aliphatic rings. The molecule has 0 radical (unpaired) electrons. The Labute approximate surface area is 110 Å². The summed E-state index contributed by atoms with van der Waals surface area (Å²) in [7, 11) is 0. The van der Waals surface area contributed by atoms with Crippen LogP contribution < -0.4 is 0 Å². The van der Waals surface area contributed by atoms with Gasteiger partial charge in [0.1, 0.15) is 5.78 Å². The van der Waals surface area contributed by atoms with E-state index in [0.29, 0.717) is 5.78 Å². The van der Waals surface area contributed by atoms with E-state index in [1.165, 1.54) is 0 Å². The highest BCUT2D eigenvalue weighted by molar-refractivity contribution is 5.82. The minimum atomic E-state index is -0.215. The van der Waals surface area contributed by atoms with Crippen LogP contribution in [0, 0.1) is 23.2 Å². The Morgan fingerprint density at radius 3 is 2.56 bits per heavy atom. The largest absolute Gasteiger partial charge is 0.299 e. The molecule has 2 rings (SSSR count). The average molecular weight is 240 g/mol. The molecule has 1 aliphatic carbocycles. The molecule has 0 heterocycles. The molecule has 1 atom stereocenters. The standard InChI is InChI=1S/C17H20O/c1-17(2,15-10-6-7-11-16(15)18)13-12-14-8-4-3-5-9-14/h3-5,8-9,15H,6-7,10-11H2,1-2H3. The second-order valence-corrected chi connectivity index (χ2v) is 5.60. The highest BCUT2D eigenvalue weighted by atomic mass is 16.1. The number of carbonyl (C=O) groups excluding carboxylic acids is 1. The first-order valence-electron chi connectivity index (χ1n) is 6.70. The van der Waals surface area contributed by atoms with Gasteiger partial charge < -0.3 is 0 Å². The van der Waals surface area contributed by atoms with Crippen molar-refractivity contribution in [2.24, 2.45) is 11.3 Å². The van der Waals surface area contributed by atoms with Crippen LogP contribution in [0.15, 0.2) is 30.3 Å². The lowest BCUT2D eigenvalue weighted by Crippen LogP contribution is -2.32. The lowest BCUT2D eigenvalue weighted by atomic mass is 9.71. The Hall–Kier alpha value is -1.55. The number of rotatable bonds is 1. The molecule has 18 heavy (non-hydrogen) atoms. The Balaban J connectivity index is 2.16. The second-order valence-electron chi connectivity index (χ2n) is 5.60. The molecule has 0 saturated heterocycles. The van der Waals surface area contributed by atoms with Crippen molar-refractivity contribution < 1.29 is 4.79 Å². The number of hydrogen-bond acceptors (Lipinski definition) is 1. The Kier molecular flexibility index (Phi) is 3.87. The smallest absolute Gasteiger partial charge is 0.137 e. The third-order valence-electron chi connectivity index (χ3n) is 3.73. The van der Waals surface area contributed by atoms with Gasteiger partial charge in [0, 0.05) is 23.3 Å². The first-order valence-corrected chi connectivity index (χ1v) is 6.70. The molecule has 1 heteroatoms. The fourth-order valence-corrected chi connectivity index (χ4v) is 2.59. The van der Waals surface area contributed by atoms with E-state index in [1.54, 1.807) is 0 Å². The zero-order valence-electron chi connectivity index (χ0n) is 11.2. The molecule has 1 nitrogen and oxygen atoms in total. The SMILES string of the molecule is CC(C)(C#Cc1ccccc1)C1CCCCC1=O. The topological polar surface area (TPSA) is 17.1 Å². The number of benzene rings is 1. The normalized spacial score (nSPS) is 20.1. The molecular formula is C17H20O. The second kappa shape index (κ2) is 5.40. The van der Waals surface area contributed by atoms with Crippen LogP contribution in [0.25, 0.3) is 0 Å². The third kappa shape index (κ3) is 3.01. The van der Waals surface area contributed by atoms with Gasteiger partial charge in [0.25, 0.3) is 0 Å². The highest BCUT2D eigenvalue weighted by Crippen LogP contribution is 2.35. The molecular weight excluding hydrogens is 220 g/mol. The molecule has 0 N–H and O–H groups in total. The molecule has 0 amide bonds. The molecule has 1 unspecified atom stereocenters. The Morgan fingerprint density at radius 2 is 1.89 bits per heavy atom. The monoisotopic (exact) mass is 240 g/mol. The van der Waals surface area contributed by atoms with Gasteiger partial charge in [0.15, 0.2) is 0 Å². The summed E-state index contributed by atoms with van der Waals surface area (Å²) in [5, 5.41) is 0. The van der Waals surface area contributed by atoms with E-state index < -0.39 is 0 Å². The molecule has 94 valence electrons. The van der Waals surface area contributed by atoms with Gasteiger partial charge in [0.05, 0.1) is 0 Å². The van der Waals surface area contributed by atoms with E-state index in [1.807, 2.05) is 30.3 Å². The van der Waals surface area contributed by atoms with Crippen LogP contribution in [0.4, 0.5) is 0 Å². The van der Waals surface area contributed by atoms with Gasteiger partial charge in [-0.2, -0.15) is 0 Å². The average Bonchev–Trinajstić information content (AvgIpc) is 2.38. The van der Waals surface area contributed by atoms with Crippen molar-refractivity contribution in [3.8, 4) is 11.8 Å². The number of ketones is 1. The maximum absolute atomic E-state index is 12.0. The minimum absolute atomic E-state index is 0.113. The number of hydrogen-bond donors (Lipinski definition) is 0. The predicted molar refractivity (Wildman–Crippen MR) is 74.1 cm³/mol. The highest BCUT2D eigenvalue weighted by Gasteiger charge is 2.34. The van der Waals surface area contributed by atoms with Crippen molar-refractivity contribution >= 4 is 5.78 Å². The van der Waals surface area contributed by atoms with Gasteiger partial charge in [-0.3, -0.25) is 4.79 Å². The van der Waals surface area contributed by atoms with Gasteiger partial charge in [-0.1, -0.05) is 36.5 Å². The lowest BCUT2D eigenvalue weighted by molar-refractivity contribution is -0.127. The van der Waals surface area contributed by atoms with E-state index in [4.69, 9.17) is 0 Å². The van der Waals surface area contributed by atoms with Crippen LogP contribution in [0.5, 0.6) is 0 Å². The minimum Gasteiger partial charge on any atom is -0.299 e. The zero-order valence-corrected chi connectivity index (χ0v) is 11.2. The maximum Gasteiger partial charge on any atom is 0.137 e. The van der Waals surface area contributed by atoms with Crippen molar-refractivity contribution in [2.45, 2.75) is 39.5 Å². The summed E-state index contributed by atoms with van der Waals surface area (Å²) in [6.45, 7) is 4.19. The molecule has 1 saturated carbocycles. The van der Waals surface area contributed by atoms with Gasteiger partial charge in [-0.15, -0.1) is 0 Å². The van der Waals surface area contributed by atoms with Crippen molar-refractivity contribution in [1.29, 1.82) is 0 Å². The molecule has 0 bridgehead atoms. The number of carbonyl (C=O) groups is 1. The Morgan fingerprint density at radius 1 is 1.17 bits per heavy atom. The van der Waals surface area contributed by atoms with Crippen molar-refractivity contribution in [1.82, 2.24) is 0 Å². The van der Waals surface area contributed by atoms with Crippen molar-refractivity contribution in [3.05, 3.63) is 35.9 Å².